The van der Waals surface area contributed by atoms with Crippen molar-refractivity contribution in [1.29, 1.82) is 0 Å². The van der Waals surface area contributed by atoms with Crippen LogP contribution in [0.25, 0.3) is 0 Å². The number of Topliss-reactive ketones (excluding diaryl/α,β-unsaturated/α-hetero) is 1. The number of carbonyl (C=O) groups is 2. The zero-order valence-electron chi connectivity index (χ0n) is 22.1. The maximum atomic E-state index is 13.3. The van der Waals surface area contributed by atoms with Gasteiger partial charge in [-0.3, -0.25) is 14.2 Å². The van der Waals surface area contributed by atoms with E-state index >= 15 is 0 Å². The molecule has 3 saturated carbocycles. The van der Waals surface area contributed by atoms with E-state index in [0.29, 0.717) is 19.3 Å². The Labute approximate surface area is 214 Å². The Balaban J connectivity index is 1.77. The van der Waals surface area contributed by atoms with Crippen LogP contribution in [0.15, 0.2) is 23.8 Å². The van der Waals surface area contributed by atoms with Gasteiger partial charge in [0.2, 0.25) is 0 Å². The van der Waals surface area contributed by atoms with Crippen molar-refractivity contribution < 1.29 is 38.2 Å². The van der Waals surface area contributed by atoms with Crippen LogP contribution >= 0.6 is 7.60 Å². The number of ketones is 2. The lowest BCUT2D eigenvalue weighted by molar-refractivity contribution is -0.186. The van der Waals surface area contributed by atoms with Gasteiger partial charge in [-0.1, -0.05) is 32.4 Å². The van der Waals surface area contributed by atoms with Gasteiger partial charge in [0.05, 0.1) is 19.3 Å². The van der Waals surface area contributed by atoms with E-state index in [0.717, 1.165) is 12.0 Å². The minimum Gasteiger partial charge on any atom is -0.388 e. The standard InChI is InChI=1S/C27H41O8P/c1-6-34-36(32,35-7-2)16-33-22-14-26(5)20(9-11-27(26,31)23(30)15-28)19-12-17(3)21-13-18(29)8-10-25(21,4)24(19)22/h8,10,13,17,19-20,22,24,28,31H,6-7,9,11-12,14-16H2,1-5H3/t17-,19-,20-,22-,24+,25-,26-,27-/m0/s1. The van der Waals surface area contributed by atoms with Gasteiger partial charge in [0.25, 0.3) is 0 Å². The molecule has 0 spiro atoms. The van der Waals surface area contributed by atoms with Gasteiger partial charge in [0.1, 0.15) is 18.6 Å². The lowest BCUT2D eigenvalue weighted by Crippen LogP contribution is -2.62. The largest absolute Gasteiger partial charge is 0.388 e. The first-order chi connectivity index (χ1) is 16.9. The molecule has 4 aliphatic rings. The van der Waals surface area contributed by atoms with E-state index in [4.69, 9.17) is 13.8 Å². The van der Waals surface area contributed by atoms with Crippen molar-refractivity contribution >= 4 is 19.2 Å². The molecule has 3 fully saturated rings. The van der Waals surface area contributed by atoms with Gasteiger partial charge in [0, 0.05) is 16.7 Å². The van der Waals surface area contributed by atoms with Crippen LogP contribution in [0, 0.1) is 34.5 Å². The molecule has 4 aliphatic carbocycles. The number of aliphatic hydroxyl groups is 2. The van der Waals surface area contributed by atoms with Crippen LogP contribution < -0.4 is 0 Å². The van der Waals surface area contributed by atoms with Crippen LogP contribution in [-0.4, -0.2) is 59.7 Å². The van der Waals surface area contributed by atoms with Crippen molar-refractivity contribution in [2.24, 2.45) is 34.5 Å². The van der Waals surface area contributed by atoms with E-state index in [1.165, 1.54) is 0 Å². The quantitative estimate of drug-likeness (QED) is 0.434. The smallest absolute Gasteiger partial charge is 0.356 e. The number of hydrogen-bond acceptors (Lipinski definition) is 8. The average molecular weight is 525 g/mol. The summed E-state index contributed by atoms with van der Waals surface area (Å²) >= 11 is 0. The van der Waals surface area contributed by atoms with E-state index in [1.807, 2.05) is 13.0 Å². The topological polar surface area (TPSA) is 119 Å². The lowest BCUT2D eigenvalue weighted by atomic mass is 9.44. The molecule has 0 saturated heterocycles. The Hall–Kier alpha value is -1.15. The second-order valence-corrected chi connectivity index (χ2v) is 13.4. The maximum absolute atomic E-state index is 13.3. The summed E-state index contributed by atoms with van der Waals surface area (Å²) in [6, 6.07) is 0. The number of ether oxygens (including phenoxy) is 1. The fourth-order valence-corrected chi connectivity index (χ4v) is 9.54. The molecule has 8 nitrogen and oxygen atoms in total. The molecule has 202 valence electrons. The molecule has 0 bridgehead atoms. The zero-order chi connectivity index (χ0) is 26.5. The predicted molar refractivity (Wildman–Crippen MR) is 134 cm³/mol. The van der Waals surface area contributed by atoms with E-state index in [-0.39, 0.29) is 49.0 Å². The molecule has 0 radical (unpaired) electrons. The third-order valence-corrected chi connectivity index (χ3v) is 11.4. The molecular weight excluding hydrogens is 483 g/mol. The number of allylic oxidation sites excluding steroid dienone is 4. The highest BCUT2D eigenvalue weighted by Crippen LogP contribution is 2.68. The summed E-state index contributed by atoms with van der Waals surface area (Å²) in [6.07, 6.45) is 6.77. The Morgan fingerprint density at radius 1 is 1.22 bits per heavy atom. The Bertz CT molecular complexity index is 996. The highest BCUT2D eigenvalue weighted by atomic mass is 31.2. The molecule has 0 amide bonds. The summed E-state index contributed by atoms with van der Waals surface area (Å²) in [5.74, 6) is -0.341. The van der Waals surface area contributed by atoms with Crippen LogP contribution in [0.2, 0.25) is 0 Å². The predicted octanol–water partition coefficient (Wildman–Crippen LogP) is 4.05. The molecule has 2 N–H and O–H groups in total. The molecule has 0 aromatic rings. The molecule has 9 heteroatoms. The zero-order valence-corrected chi connectivity index (χ0v) is 23.0. The maximum Gasteiger partial charge on any atom is 0.356 e. The molecule has 0 aromatic heterocycles. The number of rotatable bonds is 9. The van der Waals surface area contributed by atoms with Gasteiger partial charge in [0.15, 0.2) is 11.6 Å². The summed E-state index contributed by atoms with van der Waals surface area (Å²) in [6.45, 7) is 9.42. The lowest BCUT2D eigenvalue weighted by Gasteiger charge is -2.61. The van der Waals surface area contributed by atoms with Crippen molar-refractivity contribution in [1.82, 2.24) is 0 Å². The van der Waals surface area contributed by atoms with E-state index in [9.17, 15) is 24.4 Å². The monoisotopic (exact) mass is 524 g/mol. The molecule has 4 rings (SSSR count). The van der Waals surface area contributed by atoms with Gasteiger partial charge < -0.3 is 24.0 Å². The SMILES string of the molecule is CCOP(=O)(CO[C@H]1C[C@@]2(C)[C@@H](CC[C@]2(O)C(=O)CO)[C@@H]2C[C@H](C)C3=CC(=O)C=C[C@]3(C)[C@H]21)OCC. The van der Waals surface area contributed by atoms with Crippen molar-refractivity contribution in [2.45, 2.75) is 72.0 Å². The fourth-order valence-electron chi connectivity index (χ4n) is 8.16. The summed E-state index contributed by atoms with van der Waals surface area (Å²) in [5, 5.41) is 21.4. The van der Waals surface area contributed by atoms with Crippen LogP contribution in [0.5, 0.6) is 0 Å². The van der Waals surface area contributed by atoms with E-state index in [2.05, 4.69) is 13.8 Å². The Kier molecular flexibility index (Phi) is 7.64. The van der Waals surface area contributed by atoms with Crippen molar-refractivity contribution in [2.75, 3.05) is 26.2 Å². The van der Waals surface area contributed by atoms with Crippen LogP contribution in [-0.2, 0) is 27.9 Å². The van der Waals surface area contributed by atoms with Crippen LogP contribution in [0.3, 0.4) is 0 Å². The fraction of sp³-hybridized carbons (Fsp3) is 0.778. The first kappa shape index (κ1) is 27.9. The summed E-state index contributed by atoms with van der Waals surface area (Å²) in [7, 11) is -3.50. The van der Waals surface area contributed by atoms with Gasteiger partial charge in [-0.05, 0) is 69.4 Å². The van der Waals surface area contributed by atoms with E-state index < -0.39 is 42.5 Å². The molecule has 0 unspecified atom stereocenters. The minimum absolute atomic E-state index is 0.0214. The first-order valence-electron chi connectivity index (χ1n) is 13.2. The van der Waals surface area contributed by atoms with Gasteiger partial charge >= 0.3 is 7.60 Å². The van der Waals surface area contributed by atoms with Crippen molar-refractivity contribution in [3.63, 3.8) is 0 Å². The molecule has 0 heterocycles. The second-order valence-electron chi connectivity index (χ2n) is 11.4. The Morgan fingerprint density at radius 2 is 1.89 bits per heavy atom. The first-order valence-corrected chi connectivity index (χ1v) is 14.9. The van der Waals surface area contributed by atoms with Gasteiger partial charge in [-0.15, -0.1) is 0 Å². The Morgan fingerprint density at radius 3 is 2.50 bits per heavy atom. The summed E-state index contributed by atoms with van der Waals surface area (Å²) in [5.41, 5.74) is -1.84. The van der Waals surface area contributed by atoms with Crippen LogP contribution in [0.1, 0.15) is 60.3 Å². The van der Waals surface area contributed by atoms with Crippen molar-refractivity contribution in [3.8, 4) is 0 Å². The normalized spacial score (nSPS) is 41.9. The highest BCUT2D eigenvalue weighted by Gasteiger charge is 2.69. The average Bonchev–Trinajstić information content (AvgIpc) is 3.10. The molecule has 8 atom stereocenters. The molecule has 0 aromatic carbocycles. The van der Waals surface area contributed by atoms with Gasteiger partial charge in [-0.25, -0.2) is 0 Å². The number of carbonyl (C=O) groups excluding carboxylic acids is 2. The number of fused-ring (bicyclic) bond motifs is 5. The third-order valence-electron chi connectivity index (χ3n) is 9.65. The summed E-state index contributed by atoms with van der Waals surface area (Å²) in [4.78, 5) is 25.2. The van der Waals surface area contributed by atoms with Crippen molar-refractivity contribution in [3.05, 3.63) is 23.8 Å². The van der Waals surface area contributed by atoms with Gasteiger partial charge in [-0.2, -0.15) is 0 Å². The highest BCUT2D eigenvalue weighted by molar-refractivity contribution is 7.53. The molecule has 0 aliphatic heterocycles. The number of aliphatic hydroxyl groups excluding tert-OH is 1. The third kappa shape index (κ3) is 4.22. The van der Waals surface area contributed by atoms with E-state index in [1.54, 1.807) is 26.0 Å². The minimum atomic E-state index is -3.50. The number of hydrogen-bond donors (Lipinski definition) is 2. The molecular formula is C27H41O8P. The molecule has 36 heavy (non-hydrogen) atoms. The van der Waals surface area contributed by atoms with Crippen LogP contribution in [0.4, 0.5) is 0 Å². The summed E-state index contributed by atoms with van der Waals surface area (Å²) < 4.78 is 30.7. The second kappa shape index (κ2) is 9.87.